The molecular formula is C14H22N2O2. The molecule has 1 atom stereocenters. The van der Waals surface area contributed by atoms with Crippen LogP contribution in [-0.2, 0) is 6.42 Å². The van der Waals surface area contributed by atoms with Crippen LogP contribution in [0.3, 0.4) is 0 Å². The molecule has 0 aliphatic carbocycles. The van der Waals surface area contributed by atoms with Crippen molar-refractivity contribution in [1.29, 1.82) is 0 Å². The summed E-state index contributed by atoms with van der Waals surface area (Å²) in [5.74, 6) is 0. The fraction of sp³-hybridized carbons (Fsp3) is 0.500. The molecule has 1 unspecified atom stereocenters. The zero-order chi connectivity index (χ0) is 13.5. The summed E-state index contributed by atoms with van der Waals surface area (Å²) in [6.07, 6.45) is 0.813. The van der Waals surface area contributed by atoms with Crippen LogP contribution in [0.15, 0.2) is 18.2 Å². The third-order valence-corrected chi connectivity index (χ3v) is 2.83. The molecule has 0 aliphatic heterocycles. The normalized spacial score (nSPS) is 12.0. The molecule has 0 saturated carbocycles. The lowest BCUT2D eigenvalue weighted by Gasteiger charge is -2.12. The Morgan fingerprint density at radius 2 is 2.11 bits per heavy atom. The second-order valence-corrected chi connectivity index (χ2v) is 4.66. The fourth-order valence-electron chi connectivity index (χ4n) is 1.76. The van der Waals surface area contributed by atoms with Gasteiger partial charge in [-0.25, -0.2) is 4.79 Å². The summed E-state index contributed by atoms with van der Waals surface area (Å²) in [7, 11) is 0. The van der Waals surface area contributed by atoms with Crippen LogP contribution in [0.5, 0.6) is 0 Å². The van der Waals surface area contributed by atoms with E-state index in [9.17, 15) is 4.79 Å². The number of carbonyl (C=O) groups is 1. The van der Waals surface area contributed by atoms with Crippen LogP contribution in [0.25, 0.3) is 0 Å². The average Bonchev–Trinajstić information content (AvgIpc) is 2.31. The largest absolute Gasteiger partial charge is 0.394 e. The van der Waals surface area contributed by atoms with Crippen LogP contribution in [-0.4, -0.2) is 30.3 Å². The highest BCUT2D eigenvalue weighted by Gasteiger charge is 2.05. The van der Waals surface area contributed by atoms with Crippen LogP contribution in [0.1, 0.15) is 23.6 Å². The lowest BCUT2D eigenvalue weighted by molar-refractivity contribution is 0.220. The van der Waals surface area contributed by atoms with E-state index in [1.807, 2.05) is 0 Å². The SMILES string of the molecule is Cc1ccc(CCNC(=O)NC(C)CO)c(C)c1. The molecule has 18 heavy (non-hydrogen) atoms. The van der Waals surface area contributed by atoms with Gasteiger partial charge in [-0.1, -0.05) is 23.8 Å². The molecule has 0 spiro atoms. The molecule has 0 aliphatic rings. The Hall–Kier alpha value is -1.55. The van der Waals surface area contributed by atoms with Crippen molar-refractivity contribution in [2.45, 2.75) is 33.2 Å². The van der Waals surface area contributed by atoms with Crippen LogP contribution in [0.4, 0.5) is 4.79 Å². The van der Waals surface area contributed by atoms with Crippen molar-refractivity contribution in [2.75, 3.05) is 13.2 Å². The Morgan fingerprint density at radius 3 is 2.72 bits per heavy atom. The number of carbonyl (C=O) groups excluding carboxylic acids is 1. The predicted molar refractivity (Wildman–Crippen MR) is 72.7 cm³/mol. The van der Waals surface area contributed by atoms with Crippen molar-refractivity contribution in [3.8, 4) is 0 Å². The van der Waals surface area contributed by atoms with Gasteiger partial charge in [-0.05, 0) is 38.3 Å². The number of benzene rings is 1. The number of hydrogen-bond donors (Lipinski definition) is 3. The number of rotatable bonds is 5. The molecule has 3 N–H and O–H groups in total. The Bertz CT molecular complexity index is 405. The third kappa shape index (κ3) is 4.75. The molecule has 1 aromatic rings. The molecule has 4 heteroatoms. The molecule has 4 nitrogen and oxygen atoms in total. The van der Waals surface area contributed by atoms with E-state index in [0.717, 1.165) is 6.42 Å². The summed E-state index contributed by atoms with van der Waals surface area (Å²) in [5.41, 5.74) is 3.75. The molecule has 1 aromatic carbocycles. The first-order chi connectivity index (χ1) is 8.52. The van der Waals surface area contributed by atoms with Gasteiger partial charge in [0.2, 0.25) is 0 Å². The Morgan fingerprint density at radius 1 is 1.39 bits per heavy atom. The van der Waals surface area contributed by atoms with E-state index < -0.39 is 0 Å². The number of aliphatic hydroxyl groups is 1. The Kier molecular flexibility index (Phi) is 5.65. The third-order valence-electron chi connectivity index (χ3n) is 2.83. The summed E-state index contributed by atoms with van der Waals surface area (Å²) in [6.45, 7) is 6.44. The number of aryl methyl sites for hydroxylation is 2. The van der Waals surface area contributed by atoms with E-state index in [0.29, 0.717) is 6.54 Å². The van der Waals surface area contributed by atoms with Gasteiger partial charge in [0, 0.05) is 6.54 Å². The van der Waals surface area contributed by atoms with Gasteiger partial charge in [0.05, 0.1) is 12.6 Å². The molecular weight excluding hydrogens is 228 g/mol. The minimum absolute atomic E-state index is 0.0511. The van der Waals surface area contributed by atoms with Crippen molar-refractivity contribution in [3.63, 3.8) is 0 Å². The number of aliphatic hydroxyl groups excluding tert-OH is 1. The Labute approximate surface area is 108 Å². The smallest absolute Gasteiger partial charge is 0.315 e. The van der Waals surface area contributed by atoms with E-state index in [4.69, 9.17) is 5.11 Å². The summed E-state index contributed by atoms with van der Waals surface area (Å²) >= 11 is 0. The molecule has 2 amide bonds. The zero-order valence-corrected chi connectivity index (χ0v) is 11.3. The first-order valence-corrected chi connectivity index (χ1v) is 6.24. The lowest BCUT2D eigenvalue weighted by atomic mass is 10.0. The van der Waals surface area contributed by atoms with E-state index in [1.54, 1.807) is 6.92 Å². The highest BCUT2D eigenvalue weighted by atomic mass is 16.3. The maximum Gasteiger partial charge on any atom is 0.315 e. The highest BCUT2D eigenvalue weighted by molar-refractivity contribution is 5.74. The molecule has 0 fully saturated rings. The molecule has 0 heterocycles. The summed E-state index contributed by atoms with van der Waals surface area (Å²) in [4.78, 5) is 11.4. The summed E-state index contributed by atoms with van der Waals surface area (Å²) < 4.78 is 0. The monoisotopic (exact) mass is 250 g/mol. The minimum Gasteiger partial charge on any atom is -0.394 e. The van der Waals surface area contributed by atoms with Crippen molar-refractivity contribution in [1.82, 2.24) is 10.6 Å². The second-order valence-electron chi connectivity index (χ2n) is 4.66. The minimum atomic E-state index is -0.235. The van der Waals surface area contributed by atoms with Gasteiger partial charge >= 0.3 is 6.03 Å². The zero-order valence-electron chi connectivity index (χ0n) is 11.3. The van der Waals surface area contributed by atoms with Gasteiger partial charge in [-0.2, -0.15) is 0 Å². The van der Waals surface area contributed by atoms with Gasteiger partial charge < -0.3 is 15.7 Å². The van der Waals surface area contributed by atoms with Crippen molar-refractivity contribution in [3.05, 3.63) is 34.9 Å². The molecule has 0 bridgehead atoms. The standard InChI is InChI=1S/C14H22N2O2/c1-10-4-5-13(11(2)8-10)6-7-15-14(18)16-12(3)9-17/h4-5,8,12,17H,6-7,9H2,1-3H3,(H2,15,16,18). The molecule has 100 valence electrons. The van der Waals surface area contributed by atoms with E-state index in [2.05, 4.69) is 42.7 Å². The quantitative estimate of drug-likeness (QED) is 0.742. The lowest BCUT2D eigenvalue weighted by Crippen LogP contribution is -2.42. The van der Waals surface area contributed by atoms with E-state index in [-0.39, 0.29) is 18.7 Å². The maximum atomic E-state index is 11.4. The van der Waals surface area contributed by atoms with Crippen LogP contribution in [0, 0.1) is 13.8 Å². The number of nitrogens with one attached hydrogen (secondary N) is 2. The van der Waals surface area contributed by atoms with Crippen molar-refractivity contribution >= 4 is 6.03 Å². The summed E-state index contributed by atoms with van der Waals surface area (Å²) in [6, 6.07) is 5.87. The van der Waals surface area contributed by atoms with Crippen LogP contribution >= 0.6 is 0 Å². The van der Waals surface area contributed by atoms with Gasteiger partial charge in [-0.15, -0.1) is 0 Å². The maximum absolute atomic E-state index is 11.4. The Balaban J connectivity index is 2.35. The first-order valence-electron chi connectivity index (χ1n) is 6.24. The van der Waals surface area contributed by atoms with E-state index in [1.165, 1.54) is 16.7 Å². The molecule has 0 aromatic heterocycles. The topological polar surface area (TPSA) is 61.4 Å². The van der Waals surface area contributed by atoms with E-state index >= 15 is 0 Å². The second kappa shape index (κ2) is 7.01. The highest BCUT2D eigenvalue weighted by Crippen LogP contribution is 2.10. The predicted octanol–water partition coefficient (Wildman–Crippen LogP) is 1.53. The van der Waals surface area contributed by atoms with Gasteiger partial charge in [0.25, 0.3) is 0 Å². The number of amides is 2. The average molecular weight is 250 g/mol. The van der Waals surface area contributed by atoms with Gasteiger partial charge in [0.1, 0.15) is 0 Å². The number of hydrogen-bond acceptors (Lipinski definition) is 2. The van der Waals surface area contributed by atoms with Gasteiger partial charge in [-0.3, -0.25) is 0 Å². The van der Waals surface area contributed by atoms with Crippen molar-refractivity contribution < 1.29 is 9.90 Å². The molecule has 1 rings (SSSR count). The van der Waals surface area contributed by atoms with Crippen LogP contribution in [0.2, 0.25) is 0 Å². The summed E-state index contributed by atoms with van der Waals surface area (Å²) in [5, 5.41) is 14.2. The van der Waals surface area contributed by atoms with Crippen molar-refractivity contribution in [2.24, 2.45) is 0 Å². The fourth-order valence-corrected chi connectivity index (χ4v) is 1.76. The number of urea groups is 1. The van der Waals surface area contributed by atoms with Gasteiger partial charge in [0.15, 0.2) is 0 Å². The van der Waals surface area contributed by atoms with Crippen LogP contribution < -0.4 is 10.6 Å². The molecule has 0 saturated heterocycles. The first kappa shape index (κ1) is 14.5. The molecule has 0 radical (unpaired) electrons.